The van der Waals surface area contributed by atoms with E-state index in [0.717, 1.165) is 0 Å². The number of carbonyl (C=O) groups is 3. The van der Waals surface area contributed by atoms with Gasteiger partial charge in [-0.2, -0.15) is 0 Å². The molecular weight excluding hydrogens is 288 g/mol. The molecule has 1 aromatic carbocycles. The molecule has 6 heteroatoms. The third-order valence-electron chi connectivity index (χ3n) is 4.75. The summed E-state index contributed by atoms with van der Waals surface area (Å²) < 4.78 is 15.9. The lowest BCUT2D eigenvalue weighted by Gasteiger charge is -2.28. The summed E-state index contributed by atoms with van der Waals surface area (Å²) in [6, 6.07) is 8.61. The minimum Gasteiger partial charge on any atom is -0.459 e. The highest BCUT2D eigenvalue weighted by Gasteiger charge is 2.69. The number of hydrogen-bond acceptors (Lipinski definition) is 6. The molecule has 0 unspecified atom stereocenters. The molecule has 2 bridgehead atoms. The largest absolute Gasteiger partial charge is 0.459 e. The summed E-state index contributed by atoms with van der Waals surface area (Å²) in [4.78, 5) is 35.7. The van der Waals surface area contributed by atoms with Gasteiger partial charge in [0.2, 0.25) is 0 Å². The van der Waals surface area contributed by atoms with Crippen molar-refractivity contribution in [3.63, 3.8) is 0 Å². The second kappa shape index (κ2) is 4.64. The van der Waals surface area contributed by atoms with Crippen molar-refractivity contribution in [1.82, 2.24) is 0 Å². The SMILES string of the molecule is O=C(OC[C@]12CC[C@H](O1)[C@H]1C(=O)OC(=O)[C@H]12)c1ccccc1. The molecular formula is C16H14O6. The number of benzene rings is 1. The fourth-order valence-electron chi connectivity index (χ4n) is 3.75. The van der Waals surface area contributed by atoms with E-state index < -0.39 is 35.3 Å². The van der Waals surface area contributed by atoms with Crippen LogP contribution in [0.3, 0.4) is 0 Å². The van der Waals surface area contributed by atoms with Crippen molar-refractivity contribution < 1.29 is 28.6 Å². The molecule has 114 valence electrons. The van der Waals surface area contributed by atoms with Gasteiger partial charge in [-0.25, -0.2) is 4.79 Å². The van der Waals surface area contributed by atoms with Gasteiger partial charge in [0, 0.05) is 0 Å². The van der Waals surface area contributed by atoms with Crippen LogP contribution in [0.2, 0.25) is 0 Å². The maximum Gasteiger partial charge on any atom is 0.338 e. The van der Waals surface area contributed by atoms with E-state index in [4.69, 9.17) is 14.2 Å². The molecule has 0 spiro atoms. The monoisotopic (exact) mass is 302 g/mol. The lowest BCUT2D eigenvalue weighted by Crippen LogP contribution is -2.44. The Morgan fingerprint density at radius 1 is 1.23 bits per heavy atom. The maximum atomic E-state index is 12.1. The van der Waals surface area contributed by atoms with Crippen LogP contribution in [-0.4, -0.2) is 36.2 Å². The van der Waals surface area contributed by atoms with Crippen LogP contribution in [0, 0.1) is 11.8 Å². The van der Waals surface area contributed by atoms with Gasteiger partial charge in [-0.1, -0.05) is 18.2 Å². The van der Waals surface area contributed by atoms with E-state index in [1.807, 2.05) is 6.07 Å². The molecule has 3 aliphatic rings. The summed E-state index contributed by atoms with van der Waals surface area (Å²) in [5, 5.41) is 0. The van der Waals surface area contributed by atoms with E-state index in [-0.39, 0.29) is 12.7 Å². The van der Waals surface area contributed by atoms with E-state index in [2.05, 4.69) is 0 Å². The molecule has 3 heterocycles. The lowest BCUT2D eigenvalue weighted by atomic mass is 9.73. The Balaban J connectivity index is 1.52. The van der Waals surface area contributed by atoms with Crippen LogP contribution in [0.15, 0.2) is 30.3 Å². The number of cyclic esters (lactones) is 2. The molecule has 1 aromatic rings. The zero-order chi connectivity index (χ0) is 15.3. The molecule has 6 nitrogen and oxygen atoms in total. The topological polar surface area (TPSA) is 78.9 Å². The molecule has 3 fully saturated rings. The van der Waals surface area contributed by atoms with Crippen LogP contribution in [-0.2, 0) is 23.8 Å². The second-order valence-electron chi connectivity index (χ2n) is 5.95. The summed E-state index contributed by atoms with van der Waals surface area (Å²) in [6.07, 6.45) is 0.954. The number of rotatable bonds is 3. The summed E-state index contributed by atoms with van der Waals surface area (Å²) in [6.45, 7) is -0.0409. The summed E-state index contributed by atoms with van der Waals surface area (Å²) in [5.41, 5.74) is -0.476. The average Bonchev–Trinajstić information content (AvgIpc) is 3.18. The van der Waals surface area contributed by atoms with E-state index in [0.29, 0.717) is 18.4 Å². The molecule has 4 atom stereocenters. The molecule has 0 amide bonds. The Bertz CT molecular complexity index is 654. The number of hydrogen-bond donors (Lipinski definition) is 0. The van der Waals surface area contributed by atoms with Gasteiger partial charge in [0.25, 0.3) is 0 Å². The van der Waals surface area contributed by atoms with E-state index >= 15 is 0 Å². The Hall–Kier alpha value is -2.21. The van der Waals surface area contributed by atoms with Crippen LogP contribution in [0.25, 0.3) is 0 Å². The van der Waals surface area contributed by atoms with Crippen LogP contribution in [0.4, 0.5) is 0 Å². The Morgan fingerprint density at radius 3 is 2.77 bits per heavy atom. The Labute approximate surface area is 126 Å². The van der Waals surface area contributed by atoms with Crippen LogP contribution >= 0.6 is 0 Å². The third-order valence-corrected chi connectivity index (χ3v) is 4.75. The van der Waals surface area contributed by atoms with Gasteiger partial charge in [-0.05, 0) is 25.0 Å². The van der Waals surface area contributed by atoms with Crippen molar-refractivity contribution >= 4 is 17.9 Å². The van der Waals surface area contributed by atoms with Crippen molar-refractivity contribution in [3.8, 4) is 0 Å². The Morgan fingerprint density at radius 2 is 2.00 bits per heavy atom. The van der Waals surface area contributed by atoms with E-state index in [1.54, 1.807) is 24.3 Å². The quantitative estimate of drug-likeness (QED) is 0.614. The van der Waals surface area contributed by atoms with Crippen LogP contribution in [0.1, 0.15) is 23.2 Å². The number of ether oxygens (including phenoxy) is 3. The number of carbonyl (C=O) groups excluding carboxylic acids is 3. The zero-order valence-electron chi connectivity index (χ0n) is 11.7. The summed E-state index contributed by atoms with van der Waals surface area (Å²) >= 11 is 0. The van der Waals surface area contributed by atoms with Crippen molar-refractivity contribution in [3.05, 3.63) is 35.9 Å². The molecule has 0 saturated carbocycles. The Kier molecular flexibility index (Phi) is 2.84. The standard InChI is InChI=1S/C16H14O6/c17-13(9-4-2-1-3-5-9)20-8-16-7-6-10(22-16)11-12(16)15(19)21-14(11)18/h1-5,10-12H,6-8H2/t10-,11+,12-,16-/m0/s1. The first-order valence-electron chi connectivity index (χ1n) is 7.26. The first-order chi connectivity index (χ1) is 10.6. The van der Waals surface area contributed by atoms with Crippen LogP contribution < -0.4 is 0 Å². The van der Waals surface area contributed by atoms with E-state index in [9.17, 15) is 14.4 Å². The van der Waals surface area contributed by atoms with Crippen molar-refractivity contribution in [2.75, 3.05) is 6.61 Å². The molecule has 3 saturated heterocycles. The smallest absolute Gasteiger partial charge is 0.338 e. The lowest BCUT2D eigenvalue weighted by molar-refractivity contribution is -0.160. The number of fused-ring (bicyclic) bond motifs is 5. The molecule has 0 aliphatic carbocycles. The summed E-state index contributed by atoms with van der Waals surface area (Å²) in [5.74, 6) is -2.74. The van der Waals surface area contributed by atoms with Crippen molar-refractivity contribution in [2.24, 2.45) is 11.8 Å². The highest BCUT2D eigenvalue weighted by atomic mass is 16.6. The van der Waals surface area contributed by atoms with Gasteiger partial charge in [-0.3, -0.25) is 9.59 Å². The van der Waals surface area contributed by atoms with Gasteiger partial charge < -0.3 is 14.2 Å². The van der Waals surface area contributed by atoms with E-state index in [1.165, 1.54) is 0 Å². The molecule has 0 radical (unpaired) electrons. The third kappa shape index (κ3) is 1.80. The molecule has 3 aliphatic heterocycles. The van der Waals surface area contributed by atoms with Gasteiger partial charge in [0.05, 0.1) is 17.6 Å². The molecule has 4 rings (SSSR count). The van der Waals surface area contributed by atoms with Crippen molar-refractivity contribution in [1.29, 1.82) is 0 Å². The minimum absolute atomic E-state index is 0.0409. The highest BCUT2D eigenvalue weighted by molar-refractivity contribution is 5.98. The predicted octanol–water partition coefficient (Wildman–Crippen LogP) is 1.09. The number of esters is 3. The predicted molar refractivity (Wildman–Crippen MR) is 71.6 cm³/mol. The molecule has 22 heavy (non-hydrogen) atoms. The van der Waals surface area contributed by atoms with Gasteiger partial charge in [0.1, 0.15) is 18.1 Å². The average molecular weight is 302 g/mol. The maximum absolute atomic E-state index is 12.1. The fourth-order valence-corrected chi connectivity index (χ4v) is 3.75. The first kappa shape index (κ1) is 13.5. The van der Waals surface area contributed by atoms with Crippen LogP contribution in [0.5, 0.6) is 0 Å². The second-order valence-corrected chi connectivity index (χ2v) is 5.95. The first-order valence-corrected chi connectivity index (χ1v) is 7.26. The van der Waals surface area contributed by atoms with Crippen molar-refractivity contribution in [2.45, 2.75) is 24.5 Å². The minimum atomic E-state index is -0.914. The zero-order valence-corrected chi connectivity index (χ0v) is 11.7. The fraction of sp³-hybridized carbons (Fsp3) is 0.438. The summed E-state index contributed by atoms with van der Waals surface area (Å²) in [7, 11) is 0. The van der Waals surface area contributed by atoms with Gasteiger partial charge in [0.15, 0.2) is 0 Å². The van der Waals surface area contributed by atoms with Gasteiger partial charge in [-0.15, -0.1) is 0 Å². The highest BCUT2D eigenvalue weighted by Crippen LogP contribution is 2.54. The van der Waals surface area contributed by atoms with Gasteiger partial charge >= 0.3 is 17.9 Å². The molecule has 0 aromatic heterocycles. The molecule has 0 N–H and O–H groups in total. The normalized spacial score (nSPS) is 35.4.